The molecule has 1 N–H and O–H groups in total. The van der Waals surface area contributed by atoms with Crippen molar-refractivity contribution in [1.82, 2.24) is 10.2 Å². The summed E-state index contributed by atoms with van der Waals surface area (Å²) in [5.74, 6) is 1.42. The quantitative estimate of drug-likeness (QED) is 0.908. The Morgan fingerprint density at radius 2 is 1.95 bits per heavy atom. The minimum atomic E-state index is -0.177. The third kappa shape index (κ3) is 2.93. The summed E-state index contributed by atoms with van der Waals surface area (Å²) in [4.78, 5) is 11.7. The highest BCUT2D eigenvalue weighted by Crippen LogP contribution is 2.26. The van der Waals surface area contributed by atoms with Crippen molar-refractivity contribution in [3.05, 3.63) is 51.4 Å². The average molecular weight is 260 g/mol. The molecule has 100 valence electrons. The van der Waals surface area contributed by atoms with Crippen molar-refractivity contribution in [3.63, 3.8) is 0 Å². The number of aromatic nitrogens is 2. The number of nitrogens with zero attached hydrogens (tertiary/aromatic N) is 1. The van der Waals surface area contributed by atoms with Crippen molar-refractivity contribution in [2.75, 3.05) is 14.2 Å². The van der Waals surface area contributed by atoms with E-state index in [0.717, 1.165) is 17.0 Å². The normalized spacial score (nSPS) is 10.3. The van der Waals surface area contributed by atoms with E-state index in [0.29, 0.717) is 17.7 Å². The summed E-state index contributed by atoms with van der Waals surface area (Å²) in [5, 5.41) is 6.34. The molecule has 0 fully saturated rings. The first-order valence-electron chi connectivity index (χ1n) is 5.90. The van der Waals surface area contributed by atoms with E-state index in [9.17, 15) is 4.79 Å². The van der Waals surface area contributed by atoms with Gasteiger partial charge in [-0.1, -0.05) is 6.07 Å². The van der Waals surface area contributed by atoms with Crippen LogP contribution in [0.3, 0.4) is 0 Å². The van der Waals surface area contributed by atoms with Crippen LogP contribution in [-0.4, -0.2) is 24.4 Å². The van der Waals surface area contributed by atoms with Gasteiger partial charge in [-0.15, -0.1) is 0 Å². The van der Waals surface area contributed by atoms with E-state index in [4.69, 9.17) is 9.47 Å². The molecular formula is C14H16N2O3. The first-order chi connectivity index (χ1) is 9.13. The lowest BCUT2D eigenvalue weighted by atomic mass is 10.0. The summed E-state index contributed by atoms with van der Waals surface area (Å²) in [6, 6.07) is 7.33. The Morgan fingerprint density at radius 3 is 2.63 bits per heavy atom. The van der Waals surface area contributed by atoms with Gasteiger partial charge in [-0.2, -0.15) is 5.10 Å². The molecule has 0 aliphatic carbocycles. The van der Waals surface area contributed by atoms with E-state index in [1.165, 1.54) is 0 Å². The Labute approximate surface area is 111 Å². The largest absolute Gasteiger partial charge is 0.497 e. The topological polar surface area (TPSA) is 64.2 Å². The minimum absolute atomic E-state index is 0.177. The number of benzene rings is 1. The van der Waals surface area contributed by atoms with Gasteiger partial charge in [-0.25, -0.2) is 5.10 Å². The molecule has 5 heteroatoms. The van der Waals surface area contributed by atoms with Gasteiger partial charge in [0.2, 0.25) is 0 Å². The molecule has 1 heterocycles. The standard InChI is InChI=1S/C14H16N2O3/c1-9-6-11(14(17)16-15-9)7-10-4-5-12(18-2)8-13(10)19-3/h4-6,8H,7H2,1-3H3,(H,16,17). The van der Waals surface area contributed by atoms with Gasteiger partial charge in [-0.3, -0.25) is 4.79 Å². The summed E-state index contributed by atoms with van der Waals surface area (Å²) >= 11 is 0. The molecule has 0 radical (unpaired) electrons. The molecular weight excluding hydrogens is 244 g/mol. The fourth-order valence-electron chi connectivity index (χ4n) is 1.90. The molecule has 0 saturated heterocycles. The van der Waals surface area contributed by atoms with Crippen molar-refractivity contribution in [2.24, 2.45) is 0 Å². The Bertz CT molecular complexity index is 635. The van der Waals surface area contributed by atoms with Gasteiger partial charge in [0.1, 0.15) is 11.5 Å². The number of hydrogen-bond acceptors (Lipinski definition) is 4. The lowest BCUT2D eigenvalue weighted by Crippen LogP contribution is -2.15. The summed E-state index contributed by atoms with van der Waals surface area (Å²) < 4.78 is 10.5. The lowest BCUT2D eigenvalue weighted by molar-refractivity contribution is 0.391. The van der Waals surface area contributed by atoms with Crippen molar-refractivity contribution in [3.8, 4) is 11.5 Å². The maximum Gasteiger partial charge on any atom is 0.267 e. The summed E-state index contributed by atoms with van der Waals surface area (Å²) in [5.41, 5.74) is 2.20. The molecule has 0 amide bonds. The highest BCUT2D eigenvalue weighted by atomic mass is 16.5. The highest BCUT2D eigenvalue weighted by Gasteiger charge is 2.09. The van der Waals surface area contributed by atoms with Crippen LogP contribution < -0.4 is 15.0 Å². The van der Waals surface area contributed by atoms with Gasteiger partial charge >= 0.3 is 0 Å². The molecule has 0 spiro atoms. The fourth-order valence-corrected chi connectivity index (χ4v) is 1.90. The Morgan fingerprint density at radius 1 is 1.16 bits per heavy atom. The lowest BCUT2D eigenvalue weighted by Gasteiger charge is -2.10. The van der Waals surface area contributed by atoms with E-state index in [-0.39, 0.29) is 5.56 Å². The van der Waals surface area contributed by atoms with Gasteiger partial charge in [0.15, 0.2) is 0 Å². The van der Waals surface area contributed by atoms with Crippen LogP contribution in [0.1, 0.15) is 16.8 Å². The van der Waals surface area contributed by atoms with E-state index in [1.807, 2.05) is 19.1 Å². The van der Waals surface area contributed by atoms with Crippen molar-refractivity contribution < 1.29 is 9.47 Å². The molecule has 0 saturated carbocycles. The number of aromatic amines is 1. The maximum absolute atomic E-state index is 11.7. The molecule has 0 aliphatic heterocycles. The van der Waals surface area contributed by atoms with Gasteiger partial charge < -0.3 is 9.47 Å². The molecule has 2 aromatic rings. The van der Waals surface area contributed by atoms with Gasteiger partial charge in [0.05, 0.1) is 19.9 Å². The van der Waals surface area contributed by atoms with Crippen molar-refractivity contribution >= 4 is 0 Å². The van der Waals surface area contributed by atoms with Crippen LogP contribution in [0.4, 0.5) is 0 Å². The smallest absolute Gasteiger partial charge is 0.267 e. The fraction of sp³-hybridized carbons (Fsp3) is 0.286. The van der Waals surface area contributed by atoms with E-state index in [1.54, 1.807) is 26.4 Å². The van der Waals surface area contributed by atoms with Crippen molar-refractivity contribution in [1.29, 1.82) is 0 Å². The third-order valence-electron chi connectivity index (χ3n) is 2.88. The summed E-state index contributed by atoms with van der Waals surface area (Å²) in [6.45, 7) is 1.84. The van der Waals surface area contributed by atoms with Crippen LogP contribution in [0.2, 0.25) is 0 Å². The maximum atomic E-state index is 11.7. The molecule has 19 heavy (non-hydrogen) atoms. The second-order valence-electron chi connectivity index (χ2n) is 4.22. The van der Waals surface area contributed by atoms with Crippen LogP contribution in [0, 0.1) is 6.92 Å². The zero-order valence-corrected chi connectivity index (χ0v) is 11.2. The number of hydrogen-bond donors (Lipinski definition) is 1. The highest BCUT2D eigenvalue weighted by molar-refractivity contribution is 5.43. The second kappa shape index (κ2) is 5.56. The van der Waals surface area contributed by atoms with Gasteiger partial charge in [-0.05, 0) is 24.6 Å². The number of methoxy groups -OCH3 is 2. The number of nitrogens with one attached hydrogen (secondary N) is 1. The van der Waals surface area contributed by atoms with E-state index >= 15 is 0 Å². The van der Waals surface area contributed by atoms with Gasteiger partial charge in [0, 0.05) is 18.1 Å². The number of rotatable bonds is 4. The number of ether oxygens (including phenoxy) is 2. The van der Waals surface area contributed by atoms with Crippen LogP contribution in [-0.2, 0) is 6.42 Å². The molecule has 0 bridgehead atoms. The molecule has 0 aliphatic rings. The predicted molar refractivity (Wildman–Crippen MR) is 71.9 cm³/mol. The molecule has 1 aromatic carbocycles. The van der Waals surface area contributed by atoms with Crippen LogP contribution in [0.25, 0.3) is 0 Å². The van der Waals surface area contributed by atoms with Crippen LogP contribution >= 0.6 is 0 Å². The number of aryl methyl sites for hydroxylation is 1. The Balaban J connectivity index is 2.37. The predicted octanol–water partition coefficient (Wildman–Crippen LogP) is 1.69. The molecule has 1 aromatic heterocycles. The average Bonchev–Trinajstić information content (AvgIpc) is 2.43. The number of H-pyrrole nitrogens is 1. The second-order valence-corrected chi connectivity index (χ2v) is 4.22. The zero-order chi connectivity index (χ0) is 13.8. The monoisotopic (exact) mass is 260 g/mol. The van der Waals surface area contributed by atoms with Crippen LogP contribution in [0.5, 0.6) is 11.5 Å². The molecule has 0 atom stereocenters. The molecule has 2 rings (SSSR count). The molecule has 5 nitrogen and oxygen atoms in total. The first kappa shape index (κ1) is 13.1. The van der Waals surface area contributed by atoms with Gasteiger partial charge in [0.25, 0.3) is 5.56 Å². The third-order valence-corrected chi connectivity index (χ3v) is 2.88. The Kier molecular flexibility index (Phi) is 3.85. The molecule has 0 unspecified atom stereocenters. The van der Waals surface area contributed by atoms with Crippen molar-refractivity contribution in [2.45, 2.75) is 13.3 Å². The minimum Gasteiger partial charge on any atom is -0.497 e. The van der Waals surface area contributed by atoms with E-state index in [2.05, 4.69) is 10.2 Å². The Hall–Kier alpha value is -2.30. The summed E-state index contributed by atoms with van der Waals surface area (Å²) in [6.07, 6.45) is 0.492. The summed E-state index contributed by atoms with van der Waals surface area (Å²) in [7, 11) is 3.20. The van der Waals surface area contributed by atoms with E-state index < -0.39 is 0 Å². The first-order valence-corrected chi connectivity index (χ1v) is 5.90. The zero-order valence-electron chi connectivity index (χ0n) is 11.2. The SMILES string of the molecule is COc1ccc(Cc2cc(C)n[nH]c2=O)c(OC)c1. The van der Waals surface area contributed by atoms with Crippen LogP contribution in [0.15, 0.2) is 29.1 Å².